The van der Waals surface area contributed by atoms with E-state index in [1.807, 2.05) is 24.3 Å². The molecule has 1 unspecified atom stereocenters. The van der Waals surface area contributed by atoms with Crippen LogP contribution in [0.2, 0.25) is 0 Å². The van der Waals surface area contributed by atoms with E-state index in [-0.39, 0.29) is 17.2 Å². The Hall–Kier alpha value is -3.18. The minimum absolute atomic E-state index is 0.120. The molecule has 0 aliphatic carbocycles. The summed E-state index contributed by atoms with van der Waals surface area (Å²) in [6.45, 7) is 2.01. The monoisotopic (exact) mass is 515 g/mol. The Bertz CT molecular complexity index is 1210. The zero-order chi connectivity index (χ0) is 22.8. The number of hydrogen-bond acceptors (Lipinski definition) is 7. The van der Waals surface area contributed by atoms with Crippen LogP contribution in [-0.4, -0.2) is 44.4 Å². The molecule has 9 nitrogen and oxygen atoms in total. The quantitative estimate of drug-likeness (QED) is 0.396. The molecule has 0 spiro atoms. The van der Waals surface area contributed by atoms with Crippen molar-refractivity contribution in [1.29, 1.82) is 0 Å². The van der Waals surface area contributed by atoms with E-state index in [9.17, 15) is 19.7 Å². The first-order valence-electron chi connectivity index (χ1n) is 9.80. The Kier molecular flexibility index (Phi) is 6.28. The maximum atomic E-state index is 13.0. The van der Waals surface area contributed by atoms with Crippen LogP contribution in [0, 0.1) is 17.0 Å². The highest BCUT2D eigenvalue weighted by Crippen LogP contribution is 2.29. The van der Waals surface area contributed by atoms with Gasteiger partial charge in [-0.1, -0.05) is 45.5 Å². The normalized spacial score (nSPS) is 15.6. The largest absolute Gasteiger partial charge is 0.327 e. The van der Waals surface area contributed by atoms with Crippen molar-refractivity contribution in [3.63, 3.8) is 0 Å². The Labute approximate surface area is 195 Å². The molecule has 2 aromatic carbocycles. The highest BCUT2D eigenvalue weighted by atomic mass is 79.9. The minimum Gasteiger partial charge on any atom is -0.327 e. The molecule has 0 saturated carbocycles. The van der Waals surface area contributed by atoms with E-state index in [4.69, 9.17) is 0 Å². The summed E-state index contributed by atoms with van der Waals surface area (Å²) in [4.78, 5) is 38.1. The van der Waals surface area contributed by atoms with Gasteiger partial charge in [0.15, 0.2) is 0 Å². The van der Waals surface area contributed by atoms with Crippen molar-refractivity contribution >= 4 is 49.9 Å². The van der Waals surface area contributed by atoms with Crippen LogP contribution in [0.25, 0.3) is 10.6 Å². The van der Waals surface area contributed by atoms with Gasteiger partial charge in [0.2, 0.25) is 11.0 Å². The summed E-state index contributed by atoms with van der Waals surface area (Å²) in [6, 6.07) is 11.3. The number of nitrogens with one attached hydrogen (secondary N) is 1. The zero-order valence-electron chi connectivity index (χ0n) is 16.9. The smallest absolute Gasteiger partial charge is 0.273 e. The van der Waals surface area contributed by atoms with Gasteiger partial charge in [-0.05, 0) is 38.0 Å². The number of benzene rings is 2. The van der Waals surface area contributed by atoms with Crippen LogP contribution in [0.5, 0.6) is 0 Å². The Balaban J connectivity index is 1.49. The van der Waals surface area contributed by atoms with Gasteiger partial charge in [0.05, 0.1) is 4.92 Å². The van der Waals surface area contributed by atoms with Gasteiger partial charge in [-0.15, -0.1) is 10.2 Å². The summed E-state index contributed by atoms with van der Waals surface area (Å²) < 4.78 is 0.909. The van der Waals surface area contributed by atoms with Crippen molar-refractivity contribution in [1.82, 2.24) is 15.1 Å². The molecular weight excluding hydrogens is 498 g/mol. The second kappa shape index (κ2) is 9.13. The third-order valence-electron chi connectivity index (χ3n) is 5.20. The molecule has 0 bridgehead atoms. The molecular formula is C21H18BrN5O4S. The van der Waals surface area contributed by atoms with Gasteiger partial charge in [0, 0.05) is 33.8 Å². The van der Waals surface area contributed by atoms with Gasteiger partial charge in [0.1, 0.15) is 11.0 Å². The van der Waals surface area contributed by atoms with E-state index < -0.39 is 16.9 Å². The molecule has 1 aromatic heterocycles. The van der Waals surface area contributed by atoms with E-state index in [2.05, 4.69) is 31.4 Å². The van der Waals surface area contributed by atoms with Crippen molar-refractivity contribution < 1.29 is 14.5 Å². The molecule has 32 heavy (non-hydrogen) atoms. The maximum absolute atomic E-state index is 13.0. The van der Waals surface area contributed by atoms with Crippen LogP contribution in [-0.2, 0) is 4.79 Å². The number of nitrogens with zero attached hydrogens (tertiary/aromatic N) is 4. The van der Waals surface area contributed by atoms with E-state index in [1.54, 1.807) is 19.1 Å². The number of anilines is 1. The molecule has 1 saturated heterocycles. The molecule has 3 aromatic rings. The fourth-order valence-corrected chi connectivity index (χ4v) is 4.73. The van der Waals surface area contributed by atoms with Crippen LogP contribution in [0.3, 0.4) is 0 Å². The number of aromatic nitrogens is 2. The molecule has 1 aliphatic heterocycles. The van der Waals surface area contributed by atoms with E-state index >= 15 is 0 Å². The number of halogens is 1. The lowest BCUT2D eigenvalue weighted by Crippen LogP contribution is -2.43. The van der Waals surface area contributed by atoms with Crippen molar-refractivity contribution in [2.45, 2.75) is 25.8 Å². The molecule has 0 radical (unpaired) electrons. The van der Waals surface area contributed by atoms with Crippen molar-refractivity contribution in [3.8, 4) is 10.6 Å². The Morgan fingerprint density at radius 1 is 1.25 bits per heavy atom. The first kappa shape index (κ1) is 22.0. The number of nitro groups is 1. The lowest BCUT2D eigenvalue weighted by Gasteiger charge is -2.23. The van der Waals surface area contributed by atoms with Gasteiger partial charge in [-0.25, -0.2) is 0 Å². The predicted molar refractivity (Wildman–Crippen MR) is 124 cm³/mol. The van der Waals surface area contributed by atoms with Crippen LogP contribution in [0.1, 0.15) is 28.8 Å². The van der Waals surface area contributed by atoms with Crippen LogP contribution < -0.4 is 5.32 Å². The van der Waals surface area contributed by atoms with Gasteiger partial charge in [-0.2, -0.15) is 0 Å². The van der Waals surface area contributed by atoms with Gasteiger partial charge < -0.3 is 4.90 Å². The number of amides is 2. The average molecular weight is 516 g/mol. The van der Waals surface area contributed by atoms with Crippen molar-refractivity contribution in [2.24, 2.45) is 0 Å². The highest BCUT2D eigenvalue weighted by Gasteiger charge is 2.35. The lowest BCUT2D eigenvalue weighted by atomic mass is 10.1. The van der Waals surface area contributed by atoms with E-state index in [0.29, 0.717) is 35.1 Å². The van der Waals surface area contributed by atoms with Crippen molar-refractivity contribution in [3.05, 3.63) is 68.2 Å². The number of hydrogen-bond donors (Lipinski definition) is 1. The summed E-state index contributed by atoms with van der Waals surface area (Å²) in [5.41, 5.74) is 1.41. The topological polar surface area (TPSA) is 118 Å². The molecule has 1 atom stereocenters. The van der Waals surface area contributed by atoms with Crippen molar-refractivity contribution in [2.75, 3.05) is 11.9 Å². The zero-order valence-corrected chi connectivity index (χ0v) is 19.4. The second-order valence-corrected chi connectivity index (χ2v) is 9.22. The number of likely N-dealkylation sites (tertiary alicyclic amines) is 1. The highest BCUT2D eigenvalue weighted by molar-refractivity contribution is 9.10. The Morgan fingerprint density at radius 3 is 2.81 bits per heavy atom. The summed E-state index contributed by atoms with van der Waals surface area (Å²) >= 11 is 4.66. The Morgan fingerprint density at radius 2 is 2.06 bits per heavy atom. The van der Waals surface area contributed by atoms with Crippen LogP contribution in [0.15, 0.2) is 46.9 Å². The first-order valence-corrected chi connectivity index (χ1v) is 11.4. The van der Waals surface area contributed by atoms with Crippen LogP contribution in [0.4, 0.5) is 10.8 Å². The lowest BCUT2D eigenvalue weighted by molar-refractivity contribution is -0.385. The molecule has 1 aliphatic rings. The third kappa shape index (κ3) is 4.53. The fourth-order valence-electron chi connectivity index (χ4n) is 3.59. The standard InChI is InChI=1S/C21H18BrN5O4S/c1-12-7-8-14(11-17(12)27(30)31)20(29)26-9-3-6-16(26)18(28)23-21-25-24-19(32-21)13-4-2-5-15(22)10-13/h2,4-5,7-8,10-11,16H,3,6,9H2,1H3,(H,23,25,28). The average Bonchev–Trinajstić information content (AvgIpc) is 3.43. The third-order valence-corrected chi connectivity index (χ3v) is 6.58. The molecule has 1 fully saturated rings. The molecule has 4 rings (SSSR count). The summed E-state index contributed by atoms with van der Waals surface area (Å²) in [5, 5.41) is 23.2. The summed E-state index contributed by atoms with van der Waals surface area (Å²) in [6.07, 6.45) is 1.17. The number of carbonyl (C=O) groups excluding carboxylic acids is 2. The number of nitro benzene ring substituents is 1. The number of carbonyl (C=O) groups is 2. The SMILES string of the molecule is Cc1ccc(C(=O)N2CCCC2C(=O)Nc2nnc(-c3cccc(Br)c3)s2)cc1[N+](=O)[O-]. The molecule has 2 amide bonds. The number of aryl methyl sites for hydroxylation is 1. The van der Waals surface area contributed by atoms with Gasteiger partial charge >= 0.3 is 0 Å². The van der Waals surface area contributed by atoms with Gasteiger partial charge in [0.25, 0.3) is 11.6 Å². The molecule has 11 heteroatoms. The summed E-state index contributed by atoms with van der Waals surface area (Å²) in [7, 11) is 0. The first-order chi connectivity index (χ1) is 15.3. The molecule has 1 N–H and O–H groups in total. The number of rotatable bonds is 5. The van der Waals surface area contributed by atoms with E-state index in [1.165, 1.54) is 22.3 Å². The van der Waals surface area contributed by atoms with Gasteiger partial charge in [-0.3, -0.25) is 25.0 Å². The van der Waals surface area contributed by atoms with E-state index in [0.717, 1.165) is 10.0 Å². The fraction of sp³-hybridized carbons (Fsp3) is 0.238. The molecule has 2 heterocycles. The maximum Gasteiger partial charge on any atom is 0.273 e. The second-order valence-electron chi connectivity index (χ2n) is 7.33. The predicted octanol–water partition coefficient (Wildman–Crippen LogP) is 4.43. The summed E-state index contributed by atoms with van der Waals surface area (Å²) in [5.74, 6) is -0.757. The van der Waals surface area contributed by atoms with Crippen LogP contribution >= 0.6 is 27.3 Å². The minimum atomic E-state index is -0.680. The molecule has 164 valence electrons.